The van der Waals surface area contributed by atoms with Crippen LogP contribution in [0.1, 0.15) is 31.9 Å². The monoisotopic (exact) mass is 301 g/mol. The van der Waals surface area contributed by atoms with E-state index in [1.807, 2.05) is 0 Å². The molecule has 0 saturated heterocycles. The Morgan fingerprint density at radius 2 is 2.20 bits per heavy atom. The van der Waals surface area contributed by atoms with E-state index in [2.05, 4.69) is 0 Å². The molecule has 20 heavy (non-hydrogen) atoms. The molecule has 0 radical (unpaired) electrons. The van der Waals surface area contributed by atoms with Crippen molar-refractivity contribution in [1.82, 2.24) is 0 Å². The molecule has 1 aliphatic heterocycles. The summed E-state index contributed by atoms with van der Waals surface area (Å²) in [5, 5.41) is 9.32. The lowest BCUT2D eigenvalue weighted by molar-refractivity contribution is 0.0583. The number of hydrogen-bond donors (Lipinski definition) is 1. The maximum atomic E-state index is 14.0. The van der Waals surface area contributed by atoms with E-state index in [1.54, 1.807) is 20.8 Å². The number of aliphatic hydroxyl groups excluding tert-OH is 1. The highest BCUT2D eigenvalue weighted by Gasteiger charge is 2.32. The van der Waals surface area contributed by atoms with Gasteiger partial charge in [0.15, 0.2) is 0 Å². The number of carbonyl (C=O) groups excluding carboxylic acids is 1. The van der Waals surface area contributed by atoms with Gasteiger partial charge in [-0.1, -0.05) is 11.6 Å². The third kappa shape index (κ3) is 2.74. The van der Waals surface area contributed by atoms with Crippen LogP contribution in [0.15, 0.2) is 6.07 Å². The molecular formula is C14H17ClFNO3. The van der Waals surface area contributed by atoms with Crippen LogP contribution in [-0.4, -0.2) is 23.3 Å². The summed E-state index contributed by atoms with van der Waals surface area (Å²) in [5.41, 5.74) is 0.523. The van der Waals surface area contributed by atoms with Crippen LogP contribution in [-0.2, 0) is 17.8 Å². The minimum atomic E-state index is -0.691. The first-order chi connectivity index (χ1) is 9.24. The van der Waals surface area contributed by atoms with Crippen LogP contribution < -0.4 is 4.90 Å². The van der Waals surface area contributed by atoms with Gasteiger partial charge in [-0.2, -0.15) is 0 Å². The number of rotatable bonds is 1. The number of nitrogens with zero attached hydrogens (tertiary/aromatic N) is 1. The van der Waals surface area contributed by atoms with Crippen LogP contribution in [0.4, 0.5) is 14.9 Å². The van der Waals surface area contributed by atoms with Crippen LogP contribution in [0.3, 0.4) is 0 Å². The number of benzene rings is 1. The van der Waals surface area contributed by atoms with Gasteiger partial charge in [-0.05, 0) is 38.8 Å². The zero-order valence-corrected chi connectivity index (χ0v) is 12.4. The third-order valence-corrected chi connectivity index (χ3v) is 3.29. The molecule has 0 saturated carbocycles. The van der Waals surface area contributed by atoms with Crippen molar-refractivity contribution >= 4 is 23.4 Å². The van der Waals surface area contributed by atoms with Crippen molar-refractivity contribution in [3.05, 3.63) is 28.0 Å². The molecule has 1 heterocycles. The number of aliphatic hydroxyl groups is 1. The fourth-order valence-corrected chi connectivity index (χ4v) is 2.49. The molecule has 0 atom stereocenters. The number of fused-ring (bicyclic) bond motifs is 1. The number of amides is 1. The largest absolute Gasteiger partial charge is 0.443 e. The average Bonchev–Trinajstić information content (AvgIpc) is 2.72. The second-order valence-electron chi connectivity index (χ2n) is 5.70. The quantitative estimate of drug-likeness (QED) is 0.866. The van der Waals surface area contributed by atoms with Crippen molar-refractivity contribution in [3.8, 4) is 0 Å². The highest BCUT2D eigenvalue weighted by atomic mass is 35.5. The summed E-state index contributed by atoms with van der Waals surface area (Å²) in [6.07, 6.45) is 0.00867. The van der Waals surface area contributed by atoms with Gasteiger partial charge >= 0.3 is 6.09 Å². The van der Waals surface area contributed by atoms with E-state index in [0.717, 1.165) is 5.56 Å². The minimum absolute atomic E-state index is 0.0378. The lowest BCUT2D eigenvalue weighted by Gasteiger charge is -2.26. The summed E-state index contributed by atoms with van der Waals surface area (Å²) >= 11 is 5.79. The van der Waals surface area contributed by atoms with Gasteiger partial charge in [-0.15, -0.1) is 0 Å². The lowest BCUT2D eigenvalue weighted by atomic mass is 10.1. The Balaban J connectivity index is 2.42. The molecule has 6 heteroatoms. The first kappa shape index (κ1) is 15.1. The lowest BCUT2D eigenvalue weighted by Crippen LogP contribution is -2.36. The Kier molecular flexibility index (Phi) is 3.93. The fourth-order valence-electron chi connectivity index (χ4n) is 2.24. The van der Waals surface area contributed by atoms with Crippen LogP contribution in [0.5, 0.6) is 0 Å². The first-order valence-corrected chi connectivity index (χ1v) is 6.73. The molecule has 0 aromatic heterocycles. The highest BCUT2D eigenvalue weighted by molar-refractivity contribution is 6.31. The van der Waals surface area contributed by atoms with E-state index in [0.29, 0.717) is 18.7 Å². The van der Waals surface area contributed by atoms with E-state index < -0.39 is 24.1 Å². The minimum Gasteiger partial charge on any atom is -0.443 e. The van der Waals surface area contributed by atoms with Crippen LogP contribution >= 0.6 is 11.6 Å². The Hall–Kier alpha value is -1.33. The molecule has 2 rings (SSSR count). The summed E-state index contributed by atoms with van der Waals surface area (Å²) < 4.78 is 19.3. The molecular weight excluding hydrogens is 285 g/mol. The van der Waals surface area contributed by atoms with Crippen molar-refractivity contribution < 1.29 is 19.0 Å². The number of hydrogen-bond acceptors (Lipinski definition) is 3. The van der Waals surface area contributed by atoms with E-state index in [1.165, 1.54) is 11.0 Å². The van der Waals surface area contributed by atoms with Gasteiger partial charge in [-0.25, -0.2) is 9.18 Å². The molecule has 1 N–H and O–H groups in total. The maximum absolute atomic E-state index is 14.0. The summed E-state index contributed by atoms with van der Waals surface area (Å²) in [6.45, 7) is 5.15. The molecule has 1 aliphatic rings. The summed E-state index contributed by atoms with van der Waals surface area (Å²) in [6, 6.07) is 1.50. The van der Waals surface area contributed by atoms with Crippen molar-refractivity contribution in [2.45, 2.75) is 39.4 Å². The van der Waals surface area contributed by atoms with E-state index in [4.69, 9.17) is 16.3 Å². The van der Waals surface area contributed by atoms with Gasteiger partial charge in [0.1, 0.15) is 11.4 Å². The van der Waals surface area contributed by atoms with Crippen molar-refractivity contribution in [1.29, 1.82) is 0 Å². The van der Waals surface area contributed by atoms with E-state index >= 15 is 0 Å². The third-order valence-electron chi connectivity index (χ3n) is 3.01. The predicted octanol–water partition coefficient (Wildman–Crippen LogP) is 3.27. The zero-order valence-electron chi connectivity index (χ0n) is 11.7. The second kappa shape index (κ2) is 5.22. The topological polar surface area (TPSA) is 49.8 Å². The van der Waals surface area contributed by atoms with E-state index in [-0.39, 0.29) is 10.6 Å². The zero-order chi connectivity index (χ0) is 15.1. The van der Waals surface area contributed by atoms with Gasteiger partial charge in [0.05, 0.1) is 17.3 Å². The summed E-state index contributed by atoms with van der Waals surface area (Å²) in [7, 11) is 0. The van der Waals surface area contributed by atoms with Crippen LogP contribution in [0, 0.1) is 5.82 Å². The maximum Gasteiger partial charge on any atom is 0.414 e. The second-order valence-corrected chi connectivity index (χ2v) is 6.11. The van der Waals surface area contributed by atoms with Crippen LogP contribution in [0.2, 0.25) is 5.02 Å². The Morgan fingerprint density at radius 1 is 1.55 bits per heavy atom. The fraction of sp³-hybridized carbons (Fsp3) is 0.500. The standard InChI is InChI=1S/C14H17ClFNO3/c1-14(2,3)20-13(19)17-5-4-8-6-10(15)11(16)9(7-18)12(8)17/h6,18H,4-5,7H2,1-3H3. The van der Waals surface area contributed by atoms with Crippen molar-refractivity contribution in [2.75, 3.05) is 11.4 Å². The summed E-state index contributed by atoms with van der Waals surface area (Å²) in [4.78, 5) is 13.5. The molecule has 1 aromatic carbocycles. The average molecular weight is 302 g/mol. The molecule has 1 aromatic rings. The Labute approximate surface area is 122 Å². The number of carbonyl (C=O) groups is 1. The Bertz CT molecular complexity index is 554. The van der Waals surface area contributed by atoms with Crippen molar-refractivity contribution in [2.24, 2.45) is 0 Å². The predicted molar refractivity (Wildman–Crippen MR) is 74.6 cm³/mol. The molecule has 0 fully saturated rings. The highest BCUT2D eigenvalue weighted by Crippen LogP contribution is 2.37. The number of ether oxygens (including phenoxy) is 1. The SMILES string of the molecule is CC(C)(C)OC(=O)N1CCc2cc(Cl)c(F)c(CO)c21. The van der Waals surface area contributed by atoms with Gasteiger partial charge in [0, 0.05) is 12.1 Å². The first-order valence-electron chi connectivity index (χ1n) is 6.35. The molecule has 0 unspecified atom stereocenters. The van der Waals surface area contributed by atoms with Gasteiger partial charge in [0.2, 0.25) is 0 Å². The molecule has 0 aliphatic carbocycles. The van der Waals surface area contributed by atoms with Gasteiger partial charge < -0.3 is 9.84 Å². The van der Waals surface area contributed by atoms with Gasteiger partial charge in [0.25, 0.3) is 0 Å². The molecule has 4 nitrogen and oxygen atoms in total. The molecule has 110 valence electrons. The van der Waals surface area contributed by atoms with Crippen molar-refractivity contribution in [3.63, 3.8) is 0 Å². The smallest absolute Gasteiger partial charge is 0.414 e. The summed E-state index contributed by atoms with van der Waals surface area (Å²) in [5.74, 6) is -0.691. The molecule has 1 amide bonds. The van der Waals surface area contributed by atoms with Crippen LogP contribution in [0.25, 0.3) is 0 Å². The normalized spacial score (nSPS) is 14.4. The Morgan fingerprint density at radius 3 is 2.75 bits per heavy atom. The van der Waals surface area contributed by atoms with E-state index in [9.17, 15) is 14.3 Å². The molecule has 0 spiro atoms. The van der Waals surface area contributed by atoms with Gasteiger partial charge in [-0.3, -0.25) is 4.90 Å². The number of halogens is 2. The molecule has 0 bridgehead atoms. The number of anilines is 1.